The summed E-state index contributed by atoms with van der Waals surface area (Å²) >= 11 is 14.5. The number of pyridine rings is 1. The Bertz CT molecular complexity index is 1470. The van der Waals surface area contributed by atoms with Crippen LogP contribution in [-0.2, 0) is 21.4 Å². The van der Waals surface area contributed by atoms with Gasteiger partial charge in [0.05, 0.1) is 27.0 Å². The van der Waals surface area contributed by atoms with Gasteiger partial charge < -0.3 is 0 Å². The van der Waals surface area contributed by atoms with Crippen molar-refractivity contribution in [2.75, 3.05) is 18.0 Å². The molecule has 1 aromatic carbocycles. The third-order valence-electron chi connectivity index (χ3n) is 5.78. The number of anilines is 1. The SMILES string of the molecule is O=C(C1CCCN(S(=O)(=O)c2ccc(Cl)s2)C1)N(Cc1cccnc1)c1nc2ccc(Cl)cc2s1. The largest absolute Gasteiger partial charge is 0.283 e. The normalized spacial score (nSPS) is 17.0. The minimum atomic E-state index is -3.72. The topological polar surface area (TPSA) is 83.5 Å². The lowest BCUT2D eigenvalue weighted by Gasteiger charge is -2.33. The number of carbonyl (C=O) groups excluding carboxylic acids is 1. The molecule has 0 N–H and O–H groups in total. The number of thiazole rings is 1. The minimum absolute atomic E-state index is 0.108. The number of piperidine rings is 1. The number of rotatable bonds is 6. The summed E-state index contributed by atoms with van der Waals surface area (Å²) in [6, 6.07) is 12.2. The lowest BCUT2D eigenvalue weighted by molar-refractivity contribution is -0.123. The Kier molecular flexibility index (Phi) is 7.11. The first kappa shape index (κ1) is 24.6. The van der Waals surface area contributed by atoms with Crippen LogP contribution in [0.4, 0.5) is 5.13 Å². The van der Waals surface area contributed by atoms with E-state index in [2.05, 4.69) is 9.97 Å². The number of carbonyl (C=O) groups is 1. The highest BCUT2D eigenvalue weighted by Crippen LogP contribution is 2.35. The first-order valence-electron chi connectivity index (χ1n) is 10.8. The van der Waals surface area contributed by atoms with Crippen LogP contribution in [-0.4, -0.2) is 41.7 Å². The Hall–Kier alpha value is -2.08. The van der Waals surface area contributed by atoms with Gasteiger partial charge >= 0.3 is 0 Å². The number of aromatic nitrogens is 2. The molecule has 5 rings (SSSR count). The molecule has 1 unspecified atom stereocenters. The zero-order chi connectivity index (χ0) is 24.6. The summed E-state index contributed by atoms with van der Waals surface area (Å²) in [5, 5.41) is 1.14. The van der Waals surface area contributed by atoms with Crippen LogP contribution in [0.1, 0.15) is 18.4 Å². The molecule has 1 aliphatic rings. The molecular formula is C23H20Cl2N4O3S3. The maximum Gasteiger partial charge on any atom is 0.252 e. The third-order valence-corrected chi connectivity index (χ3v) is 10.6. The molecule has 7 nitrogen and oxygen atoms in total. The maximum absolute atomic E-state index is 13.9. The van der Waals surface area contributed by atoms with Crippen molar-refractivity contribution in [3.8, 4) is 0 Å². The predicted octanol–water partition coefficient (Wildman–Crippen LogP) is 5.69. The highest BCUT2D eigenvalue weighted by atomic mass is 35.5. The van der Waals surface area contributed by atoms with Gasteiger partial charge in [-0.2, -0.15) is 4.31 Å². The van der Waals surface area contributed by atoms with E-state index in [4.69, 9.17) is 23.2 Å². The van der Waals surface area contributed by atoms with E-state index in [-0.39, 0.29) is 23.2 Å². The zero-order valence-electron chi connectivity index (χ0n) is 18.3. The first-order valence-corrected chi connectivity index (χ1v) is 14.7. The van der Waals surface area contributed by atoms with E-state index in [1.54, 1.807) is 29.4 Å². The second-order valence-electron chi connectivity index (χ2n) is 8.15. The fraction of sp³-hybridized carbons (Fsp3) is 0.261. The number of nitrogens with zero attached hydrogens (tertiary/aromatic N) is 4. The van der Waals surface area contributed by atoms with Crippen molar-refractivity contribution in [3.63, 3.8) is 0 Å². The van der Waals surface area contributed by atoms with Gasteiger partial charge in [0, 0.05) is 30.5 Å². The molecule has 35 heavy (non-hydrogen) atoms. The molecule has 4 heterocycles. The van der Waals surface area contributed by atoms with Crippen LogP contribution in [0.5, 0.6) is 0 Å². The molecule has 1 aliphatic heterocycles. The number of hydrogen-bond acceptors (Lipinski definition) is 7. The maximum atomic E-state index is 13.9. The predicted molar refractivity (Wildman–Crippen MR) is 141 cm³/mol. The molecule has 12 heteroatoms. The van der Waals surface area contributed by atoms with Crippen molar-refractivity contribution in [1.82, 2.24) is 14.3 Å². The van der Waals surface area contributed by atoms with Gasteiger partial charge in [0.25, 0.3) is 10.0 Å². The Morgan fingerprint density at radius 3 is 2.77 bits per heavy atom. The van der Waals surface area contributed by atoms with Crippen molar-refractivity contribution in [3.05, 3.63) is 69.8 Å². The number of sulfonamides is 1. The Balaban J connectivity index is 1.45. The van der Waals surface area contributed by atoms with E-state index < -0.39 is 15.9 Å². The van der Waals surface area contributed by atoms with Crippen molar-refractivity contribution >= 4 is 77.2 Å². The number of hydrogen-bond donors (Lipinski definition) is 0. The van der Waals surface area contributed by atoms with Crippen molar-refractivity contribution in [2.24, 2.45) is 5.92 Å². The van der Waals surface area contributed by atoms with Crippen LogP contribution in [0.3, 0.4) is 0 Å². The summed E-state index contributed by atoms with van der Waals surface area (Å²) in [5.74, 6) is -0.663. The average molecular weight is 568 g/mol. The number of halogens is 2. The van der Waals surface area contributed by atoms with Crippen LogP contribution in [0.2, 0.25) is 9.36 Å². The Labute approximate surface area is 221 Å². The number of fused-ring (bicyclic) bond motifs is 1. The smallest absolute Gasteiger partial charge is 0.252 e. The van der Waals surface area contributed by atoms with Gasteiger partial charge in [0.15, 0.2) is 5.13 Å². The summed E-state index contributed by atoms with van der Waals surface area (Å²) in [5.41, 5.74) is 1.60. The summed E-state index contributed by atoms with van der Waals surface area (Å²) < 4.78 is 29.2. The van der Waals surface area contributed by atoms with Gasteiger partial charge in [0.2, 0.25) is 5.91 Å². The van der Waals surface area contributed by atoms with E-state index in [0.717, 1.165) is 27.1 Å². The highest BCUT2D eigenvalue weighted by molar-refractivity contribution is 7.91. The van der Waals surface area contributed by atoms with E-state index in [9.17, 15) is 13.2 Å². The fourth-order valence-corrected chi connectivity index (χ4v) is 8.47. The monoisotopic (exact) mass is 566 g/mol. The van der Waals surface area contributed by atoms with E-state index in [1.165, 1.54) is 21.7 Å². The molecule has 4 aromatic rings. The summed E-state index contributed by atoms with van der Waals surface area (Å²) in [6.07, 6.45) is 4.57. The van der Waals surface area contributed by atoms with Crippen LogP contribution >= 0.6 is 45.9 Å². The van der Waals surface area contributed by atoms with Gasteiger partial charge in [-0.1, -0.05) is 40.6 Å². The number of thiophene rings is 1. The van der Waals surface area contributed by atoms with Crippen molar-refractivity contribution in [2.45, 2.75) is 23.6 Å². The molecule has 182 valence electrons. The lowest BCUT2D eigenvalue weighted by atomic mass is 9.98. The van der Waals surface area contributed by atoms with E-state index in [0.29, 0.717) is 33.9 Å². The quantitative estimate of drug-likeness (QED) is 0.299. The summed E-state index contributed by atoms with van der Waals surface area (Å²) in [6.45, 7) is 0.755. The summed E-state index contributed by atoms with van der Waals surface area (Å²) in [4.78, 5) is 24.4. The molecule has 1 atom stereocenters. The van der Waals surface area contributed by atoms with E-state index >= 15 is 0 Å². The van der Waals surface area contributed by atoms with Crippen molar-refractivity contribution in [1.29, 1.82) is 0 Å². The standard InChI is InChI=1S/C23H20Cl2N4O3S3/c24-17-5-6-18-19(11-17)33-23(27-18)29(13-15-3-1-9-26-12-15)22(30)16-4-2-10-28(14-16)35(31,32)21-8-7-20(25)34-21/h1,3,5-9,11-12,16H,2,4,10,13-14H2. The molecule has 0 bridgehead atoms. The number of amides is 1. The Morgan fingerprint density at radius 2 is 2.03 bits per heavy atom. The van der Waals surface area contributed by atoms with Gasteiger partial charge in [-0.25, -0.2) is 13.4 Å². The molecule has 1 fully saturated rings. The first-order chi connectivity index (χ1) is 16.8. The lowest BCUT2D eigenvalue weighted by Crippen LogP contribution is -2.46. The second kappa shape index (κ2) is 10.1. The molecule has 1 amide bonds. The van der Waals surface area contributed by atoms with Crippen LogP contribution in [0.15, 0.2) is 59.1 Å². The molecule has 0 spiro atoms. The molecule has 0 aliphatic carbocycles. The molecule has 0 radical (unpaired) electrons. The van der Waals surface area contributed by atoms with Crippen LogP contribution in [0, 0.1) is 5.92 Å². The molecule has 1 saturated heterocycles. The summed E-state index contributed by atoms with van der Waals surface area (Å²) in [7, 11) is -3.72. The van der Waals surface area contributed by atoms with E-state index in [1.807, 2.05) is 24.3 Å². The van der Waals surface area contributed by atoms with Crippen LogP contribution < -0.4 is 4.90 Å². The third kappa shape index (κ3) is 5.23. The van der Waals surface area contributed by atoms with Gasteiger partial charge in [-0.15, -0.1) is 11.3 Å². The molecule has 0 saturated carbocycles. The van der Waals surface area contributed by atoms with Crippen molar-refractivity contribution < 1.29 is 13.2 Å². The fourth-order valence-electron chi connectivity index (χ4n) is 4.06. The number of benzene rings is 1. The Morgan fingerprint density at radius 1 is 1.17 bits per heavy atom. The zero-order valence-corrected chi connectivity index (χ0v) is 22.3. The van der Waals surface area contributed by atoms with Crippen LogP contribution in [0.25, 0.3) is 10.2 Å². The molecule has 3 aromatic heterocycles. The van der Waals surface area contributed by atoms with Gasteiger partial charge in [-0.05, 0) is 54.8 Å². The average Bonchev–Trinajstić information content (AvgIpc) is 3.49. The van der Waals surface area contributed by atoms with Gasteiger partial charge in [0.1, 0.15) is 4.21 Å². The minimum Gasteiger partial charge on any atom is -0.283 e. The second-order valence-corrected chi connectivity index (χ2v) is 13.5. The van der Waals surface area contributed by atoms with Gasteiger partial charge in [-0.3, -0.25) is 14.7 Å². The molecular weight excluding hydrogens is 547 g/mol. The highest BCUT2D eigenvalue weighted by Gasteiger charge is 2.36.